The molecule has 124 valence electrons. The third-order valence-corrected chi connectivity index (χ3v) is 4.37. The van der Waals surface area contributed by atoms with Gasteiger partial charge in [0.1, 0.15) is 17.9 Å². The Morgan fingerprint density at radius 2 is 2.17 bits per heavy atom. The predicted molar refractivity (Wildman–Crippen MR) is 93.0 cm³/mol. The molecule has 1 aliphatic rings. The number of nitrogens with zero attached hydrogens (tertiary/aromatic N) is 4. The average Bonchev–Trinajstić information content (AvgIpc) is 3.34. The Bertz CT molecular complexity index is 869. The molecular weight excluding hydrogens is 302 g/mol. The van der Waals surface area contributed by atoms with Gasteiger partial charge in [-0.15, -0.1) is 0 Å². The lowest BCUT2D eigenvalue weighted by atomic mass is 10.1. The van der Waals surface area contributed by atoms with Gasteiger partial charge >= 0.3 is 0 Å². The van der Waals surface area contributed by atoms with Gasteiger partial charge in [-0.05, 0) is 37.3 Å². The number of rotatable bonds is 6. The molecule has 0 atom stereocenters. The fraction of sp³-hybridized carbons (Fsp3) is 0.389. The molecule has 0 bridgehead atoms. The minimum absolute atomic E-state index is 0.654. The van der Waals surface area contributed by atoms with Gasteiger partial charge in [0.05, 0.1) is 18.2 Å². The van der Waals surface area contributed by atoms with Gasteiger partial charge in [0.15, 0.2) is 5.65 Å². The molecule has 0 amide bonds. The molecule has 1 N–H and O–H groups in total. The van der Waals surface area contributed by atoms with E-state index < -0.39 is 0 Å². The molecule has 6 heteroatoms. The summed E-state index contributed by atoms with van der Waals surface area (Å²) >= 11 is 0. The Morgan fingerprint density at radius 3 is 3.00 bits per heavy atom. The van der Waals surface area contributed by atoms with Gasteiger partial charge in [-0.3, -0.25) is 4.68 Å². The van der Waals surface area contributed by atoms with Crippen LogP contribution >= 0.6 is 0 Å². The number of aryl methyl sites for hydroxylation is 2. The van der Waals surface area contributed by atoms with Crippen molar-refractivity contribution in [2.45, 2.75) is 26.3 Å². The van der Waals surface area contributed by atoms with Crippen LogP contribution < -0.4 is 10.1 Å². The summed E-state index contributed by atoms with van der Waals surface area (Å²) in [4.78, 5) is 8.62. The lowest BCUT2D eigenvalue weighted by molar-refractivity contribution is 0.297. The van der Waals surface area contributed by atoms with Crippen LogP contribution in [0, 0.1) is 12.8 Å². The van der Waals surface area contributed by atoms with Gasteiger partial charge in [-0.1, -0.05) is 12.1 Å². The van der Waals surface area contributed by atoms with Gasteiger partial charge in [-0.25, -0.2) is 9.97 Å². The summed E-state index contributed by atoms with van der Waals surface area (Å²) in [5.41, 5.74) is 3.17. The van der Waals surface area contributed by atoms with Gasteiger partial charge in [-0.2, -0.15) is 5.10 Å². The molecule has 0 aliphatic heterocycles. The molecule has 1 fully saturated rings. The Labute approximate surface area is 140 Å². The van der Waals surface area contributed by atoms with Crippen molar-refractivity contribution in [3.05, 3.63) is 41.9 Å². The fourth-order valence-corrected chi connectivity index (χ4v) is 2.72. The molecule has 0 spiro atoms. The number of nitrogens with one attached hydrogen (secondary N) is 1. The van der Waals surface area contributed by atoms with E-state index in [-0.39, 0.29) is 0 Å². The maximum absolute atomic E-state index is 6.03. The topological polar surface area (TPSA) is 64.9 Å². The molecule has 1 saturated carbocycles. The van der Waals surface area contributed by atoms with E-state index in [1.807, 2.05) is 7.05 Å². The summed E-state index contributed by atoms with van der Waals surface area (Å²) in [5, 5.41) is 8.57. The van der Waals surface area contributed by atoms with E-state index in [0.717, 1.165) is 40.7 Å². The second-order valence-electron chi connectivity index (χ2n) is 6.45. The number of anilines is 1. The second kappa shape index (κ2) is 6.11. The fourth-order valence-electron chi connectivity index (χ4n) is 2.72. The highest BCUT2D eigenvalue weighted by atomic mass is 16.5. The normalized spacial score (nSPS) is 14.1. The van der Waals surface area contributed by atoms with E-state index in [9.17, 15) is 0 Å². The first kappa shape index (κ1) is 14.9. The van der Waals surface area contributed by atoms with Crippen molar-refractivity contribution in [3.63, 3.8) is 0 Å². The van der Waals surface area contributed by atoms with Gasteiger partial charge < -0.3 is 10.1 Å². The van der Waals surface area contributed by atoms with Crippen LogP contribution in [0.2, 0.25) is 0 Å². The maximum atomic E-state index is 6.03. The number of hydrogen-bond donors (Lipinski definition) is 1. The van der Waals surface area contributed by atoms with Crippen LogP contribution in [0.3, 0.4) is 0 Å². The molecule has 2 aromatic heterocycles. The minimum atomic E-state index is 0.654. The molecule has 24 heavy (non-hydrogen) atoms. The molecule has 1 aliphatic carbocycles. The molecule has 2 heterocycles. The van der Waals surface area contributed by atoms with Crippen molar-refractivity contribution >= 4 is 16.9 Å². The van der Waals surface area contributed by atoms with Gasteiger partial charge in [0, 0.05) is 19.2 Å². The third-order valence-electron chi connectivity index (χ3n) is 4.37. The largest absolute Gasteiger partial charge is 0.493 e. The highest BCUT2D eigenvalue weighted by Gasteiger charge is 2.22. The van der Waals surface area contributed by atoms with Crippen molar-refractivity contribution < 1.29 is 4.74 Å². The number of aromatic nitrogens is 4. The first-order valence-corrected chi connectivity index (χ1v) is 8.29. The van der Waals surface area contributed by atoms with Crippen LogP contribution in [0.5, 0.6) is 5.75 Å². The van der Waals surface area contributed by atoms with Crippen LogP contribution in [0.15, 0.2) is 30.7 Å². The Balaban J connectivity index is 1.54. The third kappa shape index (κ3) is 3.04. The summed E-state index contributed by atoms with van der Waals surface area (Å²) < 4.78 is 7.78. The van der Waals surface area contributed by atoms with Gasteiger partial charge in [0.25, 0.3) is 0 Å². The van der Waals surface area contributed by atoms with E-state index in [1.165, 1.54) is 18.4 Å². The second-order valence-corrected chi connectivity index (χ2v) is 6.45. The molecule has 4 rings (SSSR count). The van der Waals surface area contributed by atoms with Crippen molar-refractivity contribution in [3.8, 4) is 5.75 Å². The highest BCUT2D eigenvalue weighted by molar-refractivity contribution is 5.85. The minimum Gasteiger partial charge on any atom is -0.493 e. The maximum Gasteiger partial charge on any atom is 0.163 e. The zero-order chi connectivity index (χ0) is 16.5. The van der Waals surface area contributed by atoms with E-state index >= 15 is 0 Å². The van der Waals surface area contributed by atoms with Crippen LogP contribution in [0.1, 0.15) is 24.0 Å². The average molecular weight is 323 g/mol. The highest BCUT2D eigenvalue weighted by Crippen LogP contribution is 2.31. The van der Waals surface area contributed by atoms with E-state index in [1.54, 1.807) is 17.2 Å². The molecule has 0 radical (unpaired) electrons. The van der Waals surface area contributed by atoms with E-state index in [2.05, 4.69) is 45.5 Å². The standard InChI is InChI=1S/C18H21N5O/c1-12-3-6-14(16(7-12)24-10-13-4-5-13)8-19-17-15-9-22-23(2)18(15)21-11-20-17/h3,6-7,9,11,13H,4-5,8,10H2,1-2H3,(H,19,20,21). The number of hydrogen-bond acceptors (Lipinski definition) is 5. The smallest absolute Gasteiger partial charge is 0.163 e. The predicted octanol–water partition coefficient (Wildman–Crippen LogP) is 3.07. The summed E-state index contributed by atoms with van der Waals surface area (Å²) in [6, 6.07) is 6.34. The zero-order valence-corrected chi connectivity index (χ0v) is 14.0. The first-order chi connectivity index (χ1) is 11.7. The summed E-state index contributed by atoms with van der Waals surface area (Å²) in [5.74, 6) is 2.50. The zero-order valence-electron chi connectivity index (χ0n) is 14.0. The summed E-state index contributed by atoms with van der Waals surface area (Å²) in [6.45, 7) is 3.56. The summed E-state index contributed by atoms with van der Waals surface area (Å²) in [7, 11) is 1.88. The Hall–Kier alpha value is -2.63. The lowest BCUT2D eigenvalue weighted by Crippen LogP contribution is -2.07. The van der Waals surface area contributed by atoms with Crippen LogP contribution in [0.4, 0.5) is 5.82 Å². The van der Waals surface area contributed by atoms with Crippen molar-refractivity contribution in [2.75, 3.05) is 11.9 Å². The van der Waals surface area contributed by atoms with E-state index in [0.29, 0.717) is 6.54 Å². The van der Waals surface area contributed by atoms with Gasteiger partial charge in [0.2, 0.25) is 0 Å². The number of fused-ring (bicyclic) bond motifs is 1. The van der Waals surface area contributed by atoms with E-state index in [4.69, 9.17) is 4.74 Å². The lowest BCUT2D eigenvalue weighted by Gasteiger charge is -2.13. The quantitative estimate of drug-likeness (QED) is 0.755. The van der Waals surface area contributed by atoms with Crippen molar-refractivity contribution in [2.24, 2.45) is 13.0 Å². The number of benzene rings is 1. The summed E-state index contributed by atoms with van der Waals surface area (Å²) in [6.07, 6.45) is 5.93. The molecule has 3 aromatic rings. The molecule has 0 unspecified atom stereocenters. The molecule has 6 nitrogen and oxygen atoms in total. The van der Waals surface area contributed by atoms with Crippen molar-refractivity contribution in [1.29, 1.82) is 0 Å². The SMILES string of the molecule is Cc1ccc(CNc2ncnc3c2cnn3C)c(OCC2CC2)c1. The Morgan fingerprint density at radius 1 is 1.29 bits per heavy atom. The number of ether oxygens (including phenoxy) is 1. The monoisotopic (exact) mass is 323 g/mol. The molecule has 0 saturated heterocycles. The Kier molecular flexibility index (Phi) is 3.80. The molecule has 1 aromatic carbocycles. The molecular formula is C18H21N5O. The van der Waals surface area contributed by atoms with Crippen molar-refractivity contribution in [1.82, 2.24) is 19.7 Å². The van der Waals surface area contributed by atoms with Crippen LogP contribution in [0.25, 0.3) is 11.0 Å². The van der Waals surface area contributed by atoms with Crippen LogP contribution in [-0.2, 0) is 13.6 Å². The van der Waals surface area contributed by atoms with Crippen LogP contribution in [-0.4, -0.2) is 26.4 Å². The first-order valence-electron chi connectivity index (χ1n) is 8.29.